The van der Waals surface area contributed by atoms with Gasteiger partial charge in [0.25, 0.3) is 0 Å². The van der Waals surface area contributed by atoms with Crippen molar-refractivity contribution in [1.82, 2.24) is 0 Å². The van der Waals surface area contributed by atoms with Crippen LogP contribution in [0.15, 0.2) is 55.1 Å². The van der Waals surface area contributed by atoms with Crippen LogP contribution >= 0.6 is 11.6 Å². The molecule has 3 heteroatoms. The molecular formula is C16H16ClNO. The minimum Gasteiger partial charge on any atom is -0.495 e. The van der Waals surface area contributed by atoms with E-state index in [2.05, 4.69) is 11.9 Å². The minimum atomic E-state index is 0.640. The summed E-state index contributed by atoms with van der Waals surface area (Å²) in [6.45, 7) is 4.72. The predicted octanol–water partition coefficient (Wildman–Crippen LogP) is 4.47. The largest absolute Gasteiger partial charge is 0.495 e. The number of hydrogen-bond donors (Lipinski definition) is 1. The standard InChI is InChI=1S/C16H16ClNO/c1-12(13-6-4-3-5-7-13)11-18-15-10-14(17)8-9-16(15)19-2/h3-10,18H,1,11H2,2H3. The molecule has 0 aromatic heterocycles. The van der Waals surface area contributed by atoms with Gasteiger partial charge in [-0.05, 0) is 29.3 Å². The molecule has 0 atom stereocenters. The maximum atomic E-state index is 5.99. The third-order valence-electron chi connectivity index (χ3n) is 2.84. The summed E-state index contributed by atoms with van der Waals surface area (Å²) in [5.74, 6) is 0.769. The van der Waals surface area contributed by atoms with Crippen LogP contribution in [-0.2, 0) is 0 Å². The SMILES string of the molecule is C=C(CNc1cc(Cl)ccc1OC)c1ccccc1. The van der Waals surface area contributed by atoms with Crippen LogP contribution in [-0.4, -0.2) is 13.7 Å². The van der Waals surface area contributed by atoms with Crippen LogP contribution in [0.2, 0.25) is 5.02 Å². The molecular weight excluding hydrogens is 258 g/mol. The fourth-order valence-corrected chi connectivity index (χ4v) is 1.97. The number of nitrogens with one attached hydrogen (secondary N) is 1. The number of halogens is 1. The average molecular weight is 274 g/mol. The second kappa shape index (κ2) is 6.30. The highest BCUT2D eigenvalue weighted by Gasteiger charge is 2.04. The van der Waals surface area contributed by atoms with Crippen molar-refractivity contribution in [3.63, 3.8) is 0 Å². The average Bonchev–Trinajstić information content (AvgIpc) is 2.46. The molecule has 0 unspecified atom stereocenters. The molecule has 2 nitrogen and oxygen atoms in total. The number of ether oxygens (including phenoxy) is 1. The van der Waals surface area contributed by atoms with E-state index in [0.717, 1.165) is 22.6 Å². The van der Waals surface area contributed by atoms with Crippen molar-refractivity contribution in [2.24, 2.45) is 0 Å². The molecule has 0 heterocycles. The lowest BCUT2D eigenvalue weighted by atomic mass is 10.1. The summed E-state index contributed by atoms with van der Waals surface area (Å²) in [7, 11) is 1.64. The number of hydrogen-bond acceptors (Lipinski definition) is 2. The predicted molar refractivity (Wildman–Crippen MR) is 82.0 cm³/mol. The van der Waals surface area contributed by atoms with Crippen LogP contribution in [0.25, 0.3) is 5.57 Å². The van der Waals surface area contributed by atoms with Gasteiger partial charge in [0.2, 0.25) is 0 Å². The van der Waals surface area contributed by atoms with Gasteiger partial charge >= 0.3 is 0 Å². The Bertz CT molecular complexity index is 566. The molecule has 0 aliphatic rings. The van der Waals surface area contributed by atoms with Crippen LogP contribution in [0.3, 0.4) is 0 Å². The van der Waals surface area contributed by atoms with Gasteiger partial charge in [-0.3, -0.25) is 0 Å². The molecule has 0 spiro atoms. The van der Waals surface area contributed by atoms with Gasteiger partial charge in [0, 0.05) is 11.6 Å². The molecule has 0 fully saturated rings. The Morgan fingerprint density at radius 2 is 1.95 bits per heavy atom. The lowest BCUT2D eigenvalue weighted by Gasteiger charge is -2.13. The van der Waals surface area contributed by atoms with E-state index in [1.807, 2.05) is 42.5 Å². The van der Waals surface area contributed by atoms with Crippen LogP contribution in [0, 0.1) is 0 Å². The number of methoxy groups -OCH3 is 1. The van der Waals surface area contributed by atoms with Crippen molar-refractivity contribution >= 4 is 22.9 Å². The zero-order valence-electron chi connectivity index (χ0n) is 10.8. The maximum absolute atomic E-state index is 5.99. The molecule has 0 saturated carbocycles. The molecule has 0 aliphatic carbocycles. The highest BCUT2D eigenvalue weighted by Crippen LogP contribution is 2.28. The van der Waals surface area contributed by atoms with E-state index in [4.69, 9.17) is 16.3 Å². The van der Waals surface area contributed by atoms with Gasteiger partial charge in [-0.2, -0.15) is 0 Å². The summed E-state index contributed by atoms with van der Waals surface area (Å²) in [6, 6.07) is 15.6. The van der Waals surface area contributed by atoms with Crippen molar-refractivity contribution in [3.05, 3.63) is 65.7 Å². The Hall–Kier alpha value is -1.93. The second-order valence-electron chi connectivity index (χ2n) is 4.17. The van der Waals surface area contributed by atoms with E-state index >= 15 is 0 Å². The van der Waals surface area contributed by atoms with Gasteiger partial charge in [-0.15, -0.1) is 0 Å². The van der Waals surface area contributed by atoms with Gasteiger partial charge < -0.3 is 10.1 Å². The Balaban J connectivity index is 2.07. The highest BCUT2D eigenvalue weighted by atomic mass is 35.5. The molecule has 0 bridgehead atoms. The summed E-state index contributed by atoms with van der Waals surface area (Å²) < 4.78 is 5.29. The molecule has 0 saturated heterocycles. The fourth-order valence-electron chi connectivity index (χ4n) is 1.80. The van der Waals surface area contributed by atoms with Crippen LogP contribution in [0.5, 0.6) is 5.75 Å². The van der Waals surface area contributed by atoms with E-state index in [-0.39, 0.29) is 0 Å². The Morgan fingerprint density at radius 3 is 2.63 bits per heavy atom. The first kappa shape index (κ1) is 13.5. The monoisotopic (exact) mass is 273 g/mol. The minimum absolute atomic E-state index is 0.640. The fraction of sp³-hybridized carbons (Fsp3) is 0.125. The van der Waals surface area contributed by atoms with E-state index in [0.29, 0.717) is 11.6 Å². The summed E-state index contributed by atoms with van der Waals surface area (Å²) in [6.07, 6.45) is 0. The molecule has 2 rings (SSSR count). The van der Waals surface area contributed by atoms with Crippen molar-refractivity contribution in [2.75, 3.05) is 19.0 Å². The van der Waals surface area contributed by atoms with Gasteiger partial charge in [0.15, 0.2) is 0 Å². The lowest BCUT2D eigenvalue weighted by Crippen LogP contribution is -2.04. The topological polar surface area (TPSA) is 21.3 Å². The molecule has 19 heavy (non-hydrogen) atoms. The van der Waals surface area contributed by atoms with Crippen molar-refractivity contribution in [3.8, 4) is 5.75 Å². The van der Waals surface area contributed by atoms with E-state index in [9.17, 15) is 0 Å². The lowest BCUT2D eigenvalue weighted by molar-refractivity contribution is 0.416. The van der Waals surface area contributed by atoms with Crippen molar-refractivity contribution in [2.45, 2.75) is 0 Å². The quantitative estimate of drug-likeness (QED) is 0.868. The zero-order valence-corrected chi connectivity index (χ0v) is 11.6. The van der Waals surface area contributed by atoms with E-state index < -0.39 is 0 Å². The molecule has 98 valence electrons. The number of benzene rings is 2. The van der Waals surface area contributed by atoms with Gasteiger partial charge in [0.1, 0.15) is 5.75 Å². The summed E-state index contributed by atoms with van der Waals surface area (Å²) in [4.78, 5) is 0. The van der Waals surface area contributed by atoms with Crippen molar-refractivity contribution < 1.29 is 4.74 Å². The summed E-state index contributed by atoms with van der Waals surface area (Å²) in [5, 5.41) is 3.97. The Morgan fingerprint density at radius 1 is 1.21 bits per heavy atom. The van der Waals surface area contributed by atoms with E-state index in [1.165, 1.54) is 0 Å². The van der Waals surface area contributed by atoms with Crippen LogP contribution in [0.4, 0.5) is 5.69 Å². The summed E-state index contributed by atoms with van der Waals surface area (Å²) in [5.41, 5.74) is 3.01. The van der Waals surface area contributed by atoms with Gasteiger partial charge in [-0.1, -0.05) is 48.5 Å². The third kappa shape index (κ3) is 3.52. The zero-order chi connectivity index (χ0) is 13.7. The second-order valence-corrected chi connectivity index (χ2v) is 4.60. The van der Waals surface area contributed by atoms with Gasteiger partial charge in [-0.25, -0.2) is 0 Å². The molecule has 0 radical (unpaired) electrons. The maximum Gasteiger partial charge on any atom is 0.142 e. The Labute approximate surface area is 118 Å². The first-order valence-corrected chi connectivity index (χ1v) is 6.39. The first-order chi connectivity index (χ1) is 9.20. The third-order valence-corrected chi connectivity index (χ3v) is 3.07. The highest BCUT2D eigenvalue weighted by molar-refractivity contribution is 6.30. The van der Waals surface area contributed by atoms with Crippen LogP contribution < -0.4 is 10.1 Å². The smallest absolute Gasteiger partial charge is 0.142 e. The molecule has 0 aliphatic heterocycles. The van der Waals surface area contributed by atoms with E-state index in [1.54, 1.807) is 13.2 Å². The molecule has 1 N–H and O–H groups in total. The van der Waals surface area contributed by atoms with Gasteiger partial charge in [0.05, 0.1) is 12.8 Å². The molecule has 0 amide bonds. The molecule has 2 aromatic rings. The molecule has 2 aromatic carbocycles. The number of anilines is 1. The first-order valence-electron chi connectivity index (χ1n) is 6.01. The summed E-state index contributed by atoms with van der Waals surface area (Å²) >= 11 is 5.99. The Kier molecular flexibility index (Phi) is 4.48. The van der Waals surface area contributed by atoms with Crippen LogP contribution in [0.1, 0.15) is 5.56 Å². The number of rotatable bonds is 5. The van der Waals surface area contributed by atoms with Crippen molar-refractivity contribution in [1.29, 1.82) is 0 Å². The normalized spacial score (nSPS) is 10.0.